The molecule has 0 spiro atoms. The highest BCUT2D eigenvalue weighted by atomic mass is 16.5. The molecule has 1 saturated heterocycles. The van der Waals surface area contributed by atoms with E-state index in [9.17, 15) is 0 Å². The van der Waals surface area contributed by atoms with E-state index in [4.69, 9.17) is 9.51 Å². The summed E-state index contributed by atoms with van der Waals surface area (Å²) in [5, 5.41) is 4.09. The first kappa shape index (κ1) is 14.9. The smallest absolute Gasteiger partial charge is 0.138 e. The second kappa shape index (κ2) is 6.11. The highest BCUT2D eigenvalue weighted by molar-refractivity contribution is 5.20. The molecule has 0 N–H and O–H groups in total. The van der Waals surface area contributed by atoms with E-state index in [1.807, 2.05) is 20.0 Å². The Balaban J connectivity index is 1.45. The maximum atomic E-state index is 5.31. The molecule has 5 nitrogen and oxygen atoms in total. The van der Waals surface area contributed by atoms with Crippen LogP contribution in [0.3, 0.4) is 0 Å². The molecule has 2 aliphatic rings. The molecule has 0 amide bonds. The molecule has 0 aromatic carbocycles. The average molecular weight is 314 g/mol. The molecule has 2 aromatic heterocycles. The third-order valence-corrected chi connectivity index (χ3v) is 5.33. The Morgan fingerprint density at radius 3 is 2.87 bits per heavy atom. The van der Waals surface area contributed by atoms with Crippen LogP contribution in [0.5, 0.6) is 0 Å². The Morgan fingerprint density at radius 1 is 1.26 bits per heavy atom. The van der Waals surface area contributed by atoms with Crippen molar-refractivity contribution < 1.29 is 4.52 Å². The molecule has 3 heterocycles. The second-order valence-electron chi connectivity index (χ2n) is 7.26. The van der Waals surface area contributed by atoms with Gasteiger partial charge in [0.15, 0.2) is 0 Å². The van der Waals surface area contributed by atoms with Gasteiger partial charge in [-0.15, -0.1) is 0 Å². The zero-order chi connectivity index (χ0) is 15.8. The maximum absolute atomic E-state index is 5.31. The van der Waals surface area contributed by atoms with E-state index in [-0.39, 0.29) is 0 Å². The normalized spacial score (nSPS) is 22.6. The van der Waals surface area contributed by atoms with Gasteiger partial charge in [0.1, 0.15) is 11.6 Å². The van der Waals surface area contributed by atoms with Gasteiger partial charge in [-0.3, -0.25) is 4.90 Å². The number of aryl methyl sites for hydroxylation is 2. The first-order chi connectivity index (χ1) is 11.2. The van der Waals surface area contributed by atoms with Crippen molar-refractivity contribution >= 4 is 0 Å². The van der Waals surface area contributed by atoms with Crippen molar-refractivity contribution in [2.75, 3.05) is 13.1 Å². The summed E-state index contributed by atoms with van der Waals surface area (Å²) in [5.41, 5.74) is 2.28. The van der Waals surface area contributed by atoms with Gasteiger partial charge in [-0.2, -0.15) is 0 Å². The van der Waals surface area contributed by atoms with Crippen LogP contribution in [0.2, 0.25) is 0 Å². The number of hydrogen-bond acceptors (Lipinski definition) is 4. The van der Waals surface area contributed by atoms with E-state index < -0.39 is 0 Å². The van der Waals surface area contributed by atoms with Crippen LogP contribution >= 0.6 is 0 Å². The van der Waals surface area contributed by atoms with Gasteiger partial charge in [-0.05, 0) is 52.0 Å². The van der Waals surface area contributed by atoms with Crippen LogP contribution in [0.1, 0.15) is 54.4 Å². The molecule has 0 bridgehead atoms. The molecule has 1 aliphatic carbocycles. The standard InChI is InChI=1S/C18H26N4O/c1-13-17(14(2)23-20-13)12-21-8-3-4-16(11-21)18-19-7-9-22(18)10-15-5-6-15/h7,9,15-16H,3-6,8,10-12H2,1-2H3/t16-/m0/s1. The van der Waals surface area contributed by atoms with Gasteiger partial charge in [-0.25, -0.2) is 4.98 Å². The van der Waals surface area contributed by atoms with E-state index in [0.717, 1.165) is 43.6 Å². The highest BCUT2D eigenvalue weighted by Crippen LogP contribution is 2.33. The third-order valence-electron chi connectivity index (χ3n) is 5.33. The fraction of sp³-hybridized carbons (Fsp3) is 0.667. The lowest BCUT2D eigenvalue weighted by Crippen LogP contribution is -2.35. The van der Waals surface area contributed by atoms with Crippen molar-refractivity contribution in [2.24, 2.45) is 5.92 Å². The van der Waals surface area contributed by atoms with Gasteiger partial charge in [0.25, 0.3) is 0 Å². The van der Waals surface area contributed by atoms with Crippen molar-refractivity contribution in [2.45, 2.75) is 58.5 Å². The minimum absolute atomic E-state index is 0.554. The summed E-state index contributed by atoms with van der Waals surface area (Å²) in [6.45, 7) is 8.40. The lowest BCUT2D eigenvalue weighted by atomic mass is 9.96. The lowest BCUT2D eigenvalue weighted by Gasteiger charge is -2.32. The Bertz CT molecular complexity index is 651. The van der Waals surface area contributed by atoms with Crippen molar-refractivity contribution in [1.29, 1.82) is 0 Å². The molecule has 0 unspecified atom stereocenters. The number of nitrogens with zero attached hydrogens (tertiary/aromatic N) is 4. The van der Waals surface area contributed by atoms with E-state index in [2.05, 4.69) is 20.8 Å². The predicted molar refractivity (Wildman–Crippen MR) is 88.2 cm³/mol. The van der Waals surface area contributed by atoms with E-state index in [1.54, 1.807) is 0 Å². The second-order valence-corrected chi connectivity index (χ2v) is 7.26. The van der Waals surface area contributed by atoms with E-state index in [1.165, 1.54) is 37.1 Å². The molecule has 5 heteroatoms. The van der Waals surface area contributed by atoms with Gasteiger partial charge in [0.2, 0.25) is 0 Å². The quantitative estimate of drug-likeness (QED) is 0.850. The monoisotopic (exact) mass is 314 g/mol. The Morgan fingerprint density at radius 2 is 2.13 bits per heavy atom. The summed E-state index contributed by atoms with van der Waals surface area (Å²) >= 11 is 0. The summed E-state index contributed by atoms with van der Waals surface area (Å²) in [6.07, 6.45) is 9.41. The molecule has 1 atom stereocenters. The van der Waals surface area contributed by atoms with Gasteiger partial charge < -0.3 is 9.09 Å². The minimum Gasteiger partial charge on any atom is -0.361 e. The minimum atomic E-state index is 0.554. The zero-order valence-electron chi connectivity index (χ0n) is 14.2. The van der Waals surface area contributed by atoms with Gasteiger partial charge in [0, 0.05) is 43.5 Å². The van der Waals surface area contributed by atoms with Crippen LogP contribution in [0.15, 0.2) is 16.9 Å². The maximum Gasteiger partial charge on any atom is 0.138 e. The molecule has 1 saturated carbocycles. The predicted octanol–water partition coefficient (Wildman–Crippen LogP) is 3.28. The first-order valence-corrected chi connectivity index (χ1v) is 8.86. The number of aromatic nitrogens is 3. The molecule has 0 radical (unpaired) electrons. The number of imidazole rings is 1. The van der Waals surface area contributed by atoms with Crippen LogP contribution in [0, 0.1) is 19.8 Å². The van der Waals surface area contributed by atoms with Crippen molar-refractivity contribution in [3.05, 3.63) is 35.2 Å². The molecule has 4 rings (SSSR count). The Hall–Kier alpha value is -1.62. The first-order valence-electron chi connectivity index (χ1n) is 8.86. The molecule has 2 fully saturated rings. The van der Waals surface area contributed by atoms with Crippen molar-refractivity contribution in [3.8, 4) is 0 Å². The van der Waals surface area contributed by atoms with Crippen molar-refractivity contribution in [1.82, 2.24) is 19.6 Å². The summed E-state index contributed by atoms with van der Waals surface area (Å²) in [4.78, 5) is 7.23. The molecule has 2 aromatic rings. The Kier molecular flexibility index (Phi) is 3.97. The molecule has 1 aliphatic heterocycles. The van der Waals surface area contributed by atoms with E-state index in [0.29, 0.717) is 5.92 Å². The SMILES string of the molecule is Cc1noc(C)c1CN1CCC[C@H](c2nccn2CC2CC2)C1. The van der Waals surface area contributed by atoms with Crippen LogP contribution in [0.4, 0.5) is 0 Å². The van der Waals surface area contributed by atoms with Gasteiger partial charge in [0.05, 0.1) is 5.69 Å². The summed E-state index contributed by atoms with van der Waals surface area (Å²) in [7, 11) is 0. The molecule has 23 heavy (non-hydrogen) atoms. The van der Waals surface area contributed by atoms with Crippen molar-refractivity contribution in [3.63, 3.8) is 0 Å². The number of hydrogen-bond donors (Lipinski definition) is 0. The third kappa shape index (κ3) is 3.20. The molecule has 124 valence electrons. The number of rotatable bonds is 5. The summed E-state index contributed by atoms with van der Waals surface area (Å²) in [6, 6.07) is 0. The highest BCUT2D eigenvalue weighted by Gasteiger charge is 2.28. The number of likely N-dealkylation sites (tertiary alicyclic amines) is 1. The average Bonchev–Trinajstić information content (AvgIpc) is 3.16. The summed E-state index contributed by atoms with van der Waals surface area (Å²) in [5.74, 6) is 3.70. The fourth-order valence-electron chi connectivity index (χ4n) is 3.77. The lowest BCUT2D eigenvalue weighted by molar-refractivity contribution is 0.193. The molecular formula is C18H26N4O. The van der Waals surface area contributed by atoms with Crippen LogP contribution in [-0.4, -0.2) is 32.7 Å². The molecular weight excluding hydrogens is 288 g/mol. The van der Waals surface area contributed by atoms with Gasteiger partial charge >= 0.3 is 0 Å². The van der Waals surface area contributed by atoms with Crippen LogP contribution < -0.4 is 0 Å². The van der Waals surface area contributed by atoms with Gasteiger partial charge in [-0.1, -0.05) is 5.16 Å². The van der Waals surface area contributed by atoms with E-state index >= 15 is 0 Å². The Labute approximate surface area is 137 Å². The topological polar surface area (TPSA) is 47.1 Å². The zero-order valence-corrected chi connectivity index (χ0v) is 14.2. The largest absolute Gasteiger partial charge is 0.361 e. The fourth-order valence-corrected chi connectivity index (χ4v) is 3.77. The summed E-state index contributed by atoms with van der Waals surface area (Å²) < 4.78 is 7.72. The number of piperidine rings is 1. The van der Waals surface area contributed by atoms with Crippen LogP contribution in [-0.2, 0) is 13.1 Å². The van der Waals surface area contributed by atoms with Crippen LogP contribution in [0.25, 0.3) is 0 Å².